The zero-order valence-electron chi connectivity index (χ0n) is 20.6. The topological polar surface area (TPSA) is 104 Å². The van der Waals surface area contributed by atoms with Gasteiger partial charge in [0, 0.05) is 71.1 Å². The van der Waals surface area contributed by atoms with Crippen molar-refractivity contribution in [3.8, 4) is 11.1 Å². The van der Waals surface area contributed by atoms with E-state index in [9.17, 15) is 9.59 Å². The molecule has 2 aromatic carbocycles. The average molecular weight is 493 g/mol. The van der Waals surface area contributed by atoms with Gasteiger partial charge in [-0.25, -0.2) is 9.59 Å². The lowest BCUT2D eigenvalue weighted by atomic mass is 10.1. The second-order valence-electron chi connectivity index (χ2n) is 9.39. The molecule has 5 rings (SSSR count). The molecular formula is C26H36N8O2. The van der Waals surface area contributed by atoms with E-state index in [0.717, 1.165) is 43.0 Å². The highest BCUT2D eigenvalue weighted by Crippen LogP contribution is 2.22. The molecule has 4 amide bonds. The van der Waals surface area contributed by atoms with E-state index in [1.165, 1.54) is 0 Å². The summed E-state index contributed by atoms with van der Waals surface area (Å²) < 4.78 is 0. The molecule has 10 heteroatoms. The highest BCUT2D eigenvalue weighted by Gasteiger charge is 2.36. The molecule has 0 saturated carbocycles. The SMILES string of the molecule is O=C(Nc1cccc(-c2ccccc2)c1)N1CCN(C(=O)N(C2CNCCN2)C2CNCCN2)CC1. The Labute approximate surface area is 212 Å². The molecule has 192 valence electrons. The summed E-state index contributed by atoms with van der Waals surface area (Å²) in [4.78, 5) is 32.2. The van der Waals surface area contributed by atoms with Crippen LogP contribution in [-0.4, -0.2) is 105 Å². The quantitative estimate of drug-likeness (QED) is 0.436. The number of hydrogen-bond acceptors (Lipinski definition) is 6. The van der Waals surface area contributed by atoms with Gasteiger partial charge in [-0.2, -0.15) is 0 Å². The van der Waals surface area contributed by atoms with Gasteiger partial charge >= 0.3 is 12.1 Å². The van der Waals surface area contributed by atoms with Crippen molar-refractivity contribution in [1.29, 1.82) is 0 Å². The number of carbonyl (C=O) groups excluding carboxylic acids is 2. The minimum absolute atomic E-state index is 0.00743. The van der Waals surface area contributed by atoms with Crippen molar-refractivity contribution in [2.45, 2.75) is 12.3 Å². The number of anilines is 1. The van der Waals surface area contributed by atoms with E-state index < -0.39 is 0 Å². The summed E-state index contributed by atoms with van der Waals surface area (Å²) in [6.45, 7) is 6.89. The van der Waals surface area contributed by atoms with Crippen LogP contribution in [0.5, 0.6) is 0 Å². The van der Waals surface area contributed by atoms with Gasteiger partial charge in [0.25, 0.3) is 0 Å². The molecule has 36 heavy (non-hydrogen) atoms. The van der Waals surface area contributed by atoms with Crippen LogP contribution >= 0.6 is 0 Å². The molecule has 10 nitrogen and oxygen atoms in total. The van der Waals surface area contributed by atoms with Gasteiger partial charge in [0.15, 0.2) is 0 Å². The average Bonchev–Trinajstić information content (AvgIpc) is 2.95. The van der Waals surface area contributed by atoms with Crippen molar-refractivity contribution < 1.29 is 9.59 Å². The molecule has 2 atom stereocenters. The summed E-state index contributed by atoms with van der Waals surface area (Å²) in [7, 11) is 0. The predicted molar refractivity (Wildman–Crippen MR) is 141 cm³/mol. The number of amides is 4. The lowest BCUT2D eigenvalue weighted by Crippen LogP contribution is -2.70. The van der Waals surface area contributed by atoms with E-state index in [0.29, 0.717) is 39.3 Å². The molecule has 0 radical (unpaired) electrons. The van der Waals surface area contributed by atoms with Crippen molar-refractivity contribution in [3.63, 3.8) is 0 Å². The first-order valence-electron chi connectivity index (χ1n) is 12.9. The van der Waals surface area contributed by atoms with Gasteiger partial charge in [0.05, 0.1) is 12.3 Å². The van der Waals surface area contributed by atoms with Crippen molar-refractivity contribution in [2.24, 2.45) is 0 Å². The first-order chi connectivity index (χ1) is 17.7. The van der Waals surface area contributed by atoms with E-state index in [1.807, 2.05) is 52.3 Å². The maximum atomic E-state index is 13.6. The van der Waals surface area contributed by atoms with Gasteiger partial charge in [0.2, 0.25) is 0 Å². The highest BCUT2D eigenvalue weighted by molar-refractivity contribution is 5.90. The summed E-state index contributed by atoms with van der Waals surface area (Å²) in [6.07, 6.45) is -0.135. The molecule has 0 aromatic heterocycles. The van der Waals surface area contributed by atoms with E-state index in [-0.39, 0.29) is 24.4 Å². The number of benzene rings is 2. The molecule has 3 aliphatic heterocycles. The fourth-order valence-corrected chi connectivity index (χ4v) is 5.03. The van der Waals surface area contributed by atoms with E-state index in [4.69, 9.17) is 0 Å². The molecule has 2 unspecified atom stereocenters. The van der Waals surface area contributed by atoms with Gasteiger partial charge in [-0.3, -0.25) is 15.5 Å². The lowest BCUT2D eigenvalue weighted by Gasteiger charge is -2.45. The predicted octanol–water partition coefficient (Wildman–Crippen LogP) is 0.963. The van der Waals surface area contributed by atoms with Crippen LogP contribution in [0.4, 0.5) is 15.3 Å². The van der Waals surface area contributed by atoms with Crippen LogP contribution < -0.4 is 26.6 Å². The Kier molecular flexibility index (Phi) is 7.97. The molecule has 0 aliphatic carbocycles. The standard InChI is InChI=1S/C26H36N8O2/c35-25(31-22-8-4-7-21(17-22)20-5-2-1-3-6-20)32-13-15-33(16-14-32)26(36)34(23-18-27-9-11-29-23)24-19-28-10-12-30-24/h1-8,17,23-24,27-30H,9-16,18-19H2,(H,31,35). The van der Waals surface area contributed by atoms with Crippen LogP contribution in [0.15, 0.2) is 54.6 Å². The Morgan fingerprint density at radius 2 is 1.36 bits per heavy atom. The molecule has 3 aliphatic rings. The number of rotatable bonds is 4. The normalized spacial score (nSPS) is 22.7. The molecule has 0 spiro atoms. The van der Waals surface area contributed by atoms with Gasteiger partial charge < -0.3 is 25.8 Å². The summed E-state index contributed by atoms with van der Waals surface area (Å²) >= 11 is 0. The molecule has 0 bridgehead atoms. The molecular weight excluding hydrogens is 456 g/mol. The van der Waals surface area contributed by atoms with E-state index in [1.54, 1.807) is 4.90 Å². The highest BCUT2D eigenvalue weighted by atomic mass is 16.2. The largest absolute Gasteiger partial charge is 0.322 e. The second kappa shape index (κ2) is 11.7. The number of carbonyl (C=O) groups is 2. The maximum absolute atomic E-state index is 13.6. The van der Waals surface area contributed by atoms with Crippen molar-refractivity contribution >= 4 is 17.7 Å². The third-order valence-electron chi connectivity index (χ3n) is 6.99. The van der Waals surface area contributed by atoms with Crippen molar-refractivity contribution in [1.82, 2.24) is 36.0 Å². The monoisotopic (exact) mass is 492 g/mol. The van der Waals surface area contributed by atoms with Crippen LogP contribution in [0, 0.1) is 0 Å². The van der Waals surface area contributed by atoms with Gasteiger partial charge in [-0.1, -0.05) is 42.5 Å². The zero-order valence-corrected chi connectivity index (χ0v) is 20.6. The smallest absolute Gasteiger partial charge is 0.321 e. The zero-order chi connectivity index (χ0) is 24.7. The summed E-state index contributed by atoms with van der Waals surface area (Å²) in [5.41, 5.74) is 2.92. The third kappa shape index (κ3) is 5.79. The lowest BCUT2D eigenvalue weighted by molar-refractivity contribution is 0.0608. The Hall–Kier alpha value is -3.18. The van der Waals surface area contributed by atoms with E-state index >= 15 is 0 Å². The number of nitrogens with one attached hydrogen (secondary N) is 5. The molecule has 5 N–H and O–H groups in total. The Bertz CT molecular complexity index is 998. The molecule has 3 heterocycles. The molecule has 3 saturated heterocycles. The summed E-state index contributed by atoms with van der Waals surface area (Å²) in [5, 5.41) is 16.8. The van der Waals surface area contributed by atoms with Crippen LogP contribution in [0.2, 0.25) is 0 Å². The second-order valence-corrected chi connectivity index (χ2v) is 9.39. The minimum Gasteiger partial charge on any atom is -0.321 e. The fraction of sp³-hybridized carbons (Fsp3) is 0.462. The first-order valence-corrected chi connectivity index (χ1v) is 12.9. The minimum atomic E-state index is -0.138. The van der Waals surface area contributed by atoms with Gasteiger partial charge in [0.1, 0.15) is 0 Å². The van der Waals surface area contributed by atoms with Crippen LogP contribution in [0.3, 0.4) is 0 Å². The maximum Gasteiger partial charge on any atom is 0.322 e. The number of hydrogen-bond donors (Lipinski definition) is 5. The van der Waals surface area contributed by atoms with Gasteiger partial charge in [-0.05, 0) is 23.3 Å². The number of nitrogens with zero attached hydrogens (tertiary/aromatic N) is 3. The van der Waals surface area contributed by atoms with Crippen LogP contribution in [0.25, 0.3) is 11.1 Å². The van der Waals surface area contributed by atoms with Crippen LogP contribution in [0.1, 0.15) is 0 Å². The van der Waals surface area contributed by atoms with Gasteiger partial charge in [-0.15, -0.1) is 0 Å². The van der Waals surface area contributed by atoms with Crippen LogP contribution in [-0.2, 0) is 0 Å². The Morgan fingerprint density at radius 3 is 1.97 bits per heavy atom. The number of piperazine rings is 3. The molecule has 2 aromatic rings. The number of urea groups is 2. The third-order valence-corrected chi connectivity index (χ3v) is 6.99. The summed E-state index contributed by atoms with van der Waals surface area (Å²) in [6, 6.07) is 17.8. The Morgan fingerprint density at radius 1 is 0.750 bits per heavy atom. The van der Waals surface area contributed by atoms with Crippen molar-refractivity contribution in [3.05, 3.63) is 54.6 Å². The summed E-state index contributed by atoms with van der Waals surface area (Å²) in [5.74, 6) is 0. The molecule has 3 fully saturated rings. The van der Waals surface area contributed by atoms with E-state index in [2.05, 4.69) is 38.7 Å². The first kappa shape index (κ1) is 24.5. The Balaban J connectivity index is 1.18. The van der Waals surface area contributed by atoms with Crippen molar-refractivity contribution in [2.75, 3.05) is 70.8 Å². The fourth-order valence-electron chi connectivity index (χ4n) is 5.03.